The van der Waals surface area contributed by atoms with E-state index in [1.165, 1.54) is 135 Å². The molecular weight excluding hydrogens is 300 g/mol. The molecule has 1 aliphatic rings. The largest absolute Gasteiger partial charge is 0.0654 e. The van der Waals surface area contributed by atoms with Crippen molar-refractivity contribution in [3.8, 4) is 0 Å². The quantitative estimate of drug-likeness (QED) is 0.229. The lowest BCUT2D eigenvalue weighted by atomic mass is 9.76. The van der Waals surface area contributed by atoms with Crippen molar-refractivity contribution >= 4 is 0 Å². The minimum atomic E-state index is 1.05. The number of hydrogen-bond donors (Lipinski definition) is 0. The van der Waals surface area contributed by atoms with E-state index in [4.69, 9.17) is 0 Å². The Balaban J connectivity index is 1.80. The number of rotatable bonds is 17. The predicted molar refractivity (Wildman–Crippen MR) is 115 cm³/mol. The zero-order valence-corrected chi connectivity index (χ0v) is 18.0. The zero-order chi connectivity index (χ0) is 18.0. The zero-order valence-electron chi connectivity index (χ0n) is 18.0. The Kier molecular flexibility index (Phi) is 16.1. The topological polar surface area (TPSA) is 0 Å². The molecule has 0 amide bonds. The van der Waals surface area contributed by atoms with Crippen LogP contribution in [0.2, 0.25) is 0 Å². The molecule has 0 radical (unpaired) electrons. The molecule has 0 aromatic heterocycles. The van der Waals surface area contributed by atoms with Crippen LogP contribution in [0.5, 0.6) is 0 Å². The fraction of sp³-hybridized carbons (Fsp3) is 1.00. The first-order chi connectivity index (χ1) is 12.4. The summed E-state index contributed by atoms with van der Waals surface area (Å²) in [5.74, 6) is 2.14. The van der Waals surface area contributed by atoms with Gasteiger partial charge in [0, 0.05) is 0 Å². The fourth-order valence-corrected chi connectivity index (χ4v) is 4.98. The normalized spacial score (nSPS) is 17.0. The molecule has 0 aliphatic heterocycles. The van der Waals surface area contributed by atoms with Crippen molar-refractivity contribution < 1.29 is 0 Å². The Morgan fingerprint density at radius 3 is 1.44 bits per heavy atom. The van der Waals surface area contributed by atoms with Crippen molar-refractivity contribution in [1.82, 2.24) is 0 Å². The highest BCUT2D eigenvalue weighted by Gasteiger charge is 2.21. The van der Waals surface area contributed by atoms with Gasteiger partial charge in [-0.2, -0.15) is 0 Å². The first kappa shape index (κ1) is 23.0. The summed E-state index contributed by atoms with van der Waals surface area (Å²) in [7, 11) is 0. The number of unbranched alkanes of at least 4 members (excludes halogenated alkanes) is 13. The van der Waals surface area contributed by atoms with Gasteiger partial charge in [0.15, 0.2) is 0 Å². The molecule has 1 saturated carbocycles. The third-order valence-corrected chi connectivity index (χ3v) is 6.77. The highest BCUT2D eigenvalue weighted by Crippen LogP contribution is 2.34. The average molecular weight is 351 g/mol. The Morgan fingerprint density at radius 2 is 1.00 bits per heavy atom. The summed E-state index contributed by atoms with van der Waals surface area (Å²) in [5.41, 5.74) is 0. The van der Waals surface area contributed by atoms with Gasteiger partial charge in [-0.05, 0) is 11.8 Å². The molecule has 1 fully saturated rings. The molecule has 0 saturated heterocycles. The highest BCUT2D eigenvalue weighted by atomic mass is 14.3. The summed E-state index contributed by atoms with van der Waals surface area (Å²) in [4.78, 5) is 0. The Bertz CT molecular complexity index is 251. The van der Waals surface area contributed by atoms with Crippen molar-refractivity contribution in [2.24, 2.45) is 11.8 Å². The van der Waals surface area contributed by atoms with Gasteiger partial charge in [0.25, 0.3) is 0 Å². The van der Waals surface area contributed by atoms with Crippen LogP contribution in [0.3, 0.4) is 0 Å². The van der Waals surface area contributed by atoms with Gasteiger partial charge >= 0.3 is 0 Å². The van der Waals surface area contributed by atoms with Crippen molar-refractivity contribution in [3.05, 3.63) is 0 Å². The van der Waals surface area contributed by atoms with Crippen LogP contribution in [0.25, 0.3) is 0 Å². The third kappa shape index (κ3) is 12.9. The van der Waals surface area contributed by atoms with E-state index in [0.29, 0.717) is 0 Å². The van der Waals surface area contributed by atoms with Gasteiger partial charge in [-0.1, -0.05) is 149 Å². The maximum Gasteiger partial charge on any atom is -0.0386 e. The van der Waals surface area contributed by atoms with E-state index in [1.807, 2.05) is 0 Å². The smallest absolute Gasteiger partial charge is 0.0386 e. The first-order valence-electron chi connectivity index (χ1n) is 12.4. The van der Waals surface area contributed by atoms with Crippen molar-refractivity contribution in [2.45, 2.75) is 149 Å². The minimum Gasteiger partial charge on any atom is -0.0654 e. The molecule has 150 valence electrons. The van der Waals surface area contributed by atoms with Gasteiger partial charge in [0.1, 0.15) is 0 Å². The first-order valence-corrected chi connectivity index (χ1v) is 12.4. The van der Waals surface area contributed by atoms with Gasteiger partial charge in [-0.3, -0.25) is 0 Å². The molecule has 1 atom stereocenters. The molecule has 1 unspecified atom stereocenters. The van der Waals surface area contributed by atoms with Gasteiger partial charge in [-0.15, -0.1) is 0 Å². The van der Waals surface area contributed by atoms with Gasteiger partial charge in [0.2, 0.25) is 0 Å². The van der Waals surface area contributed by atoms with E-state index in [1.54, 1.807) is 0 Å². The second-order valence-electron chi connectivity index (χ2n) is 8.95. The van der Waals surface area contributed by atoms with Crippen molar-refractivity contribution in [2.75, 3.05) is 0 Å². The average Bonchev–Trinajstić information content (AvgIpc) is 2.66. The molecule has 1 aliphatic carbocycles. The van der Waals surface area contributed by atoms with Crippen LogP contribution in [-0.2, 0) is 0 Å². The van der Waals surface area contributed by atoms with Gasteiger partial charge in [-0.25, -0.2) is 0 Å². The Hall–Kier alpha value is 0. The van der Waals surface area contributed by atoms with E-state index in [0.717, 1.165) is 11.8 Å². The van der Waals surface area contributed by atoms with Crippen LogP contribution in [-0.4, -0.2) is 0 Å². The van der Waals surface area contributed by atoms with Crippen LogP contribution in [0.15, 0.2) is 0 Å². The molecule has 0 bridgehead atoms. The molecule has 0 aromatic rings. The fourth-order valence-electron chi connectivity index (χ4n) is 4.98. The molecule has 0 N–H and O–H groups in total. The molecule has 1 rings (SSSR count). The van der Waals surface area contributed by atoms with E-state index < -0.39 is 0 Å². The van der Waals surface area contributed by atoms with E-state index in [2.05, 4.69) is 13.8 Å². The lowest BCUT2D eigenvalue weighted by Crippen LogP contribution is -2.17. The summed E-state index contributed by atoms with van der Waals surface area (Å²) in [5, 5.41) is 0. The van der Waals surface area contributed by atoms with Crippen molar-refractivity contribution in [3.63, 3.8) is 0 Å². The summed E-state index contributed by atoms with van der Waals surface area (Å²) in [6, 6.07) is 0. The van der Waals surface area contributed by atoms with Crippen LogP contribution in [0, 0.1) is 11.8 Å². The predicted octanol–water partition coefficient (Wildman–Crippen LogP) is 9.46. The molecule has 0 nitrogen and oxygen atoms in total. The maximum atomic E-state index is 2.43. The SMILES string of the molecule is CCCCCCCCCCCCCCCCC(CC)C1CCCCC1. The summed E-state index contributed by atoms with van der Waals surface area (Å²) >= 11 is 0. The van der Waals surface area contributed by atoms with Crippen LogP contribution >= 0.6 is 0 Å². The molecule has 25 heavy (non-hydrogen) atoms. The monoisotopic (exact) mass is 350 g/mol. The van der Waals surface area contributed by atoms with Gasteiger partial charge in [0.05, 0.1) is 0 Å². The molecule has 0 heterocycles. The van der Waals surface area contributed by atoms with Crippen molar-refractivity contribution in [1.29, 1.82) is 0 Å². The van der Waals surface area contributed by atoms with Crippen LogP contribution in [0.1, 0.15) is 149 Å². The maximum absolute atomic E-state index is 2.43. The van der Waals surface area contributed by atoms with Crippen LogP contribution < -0.4 is 0 Å². The van der Waals surface area contributed by atoms with E-state index in [-0.39, 0.29) is 0 Å². The lowest BCUT2D eigenvalue weighted by Gasteiger charge is -2.29. The third-order valence-electron chi connectivity index (χ3n) is 6.77. The second kappa shape index (κ2) is 17.4. The Morgan fingerprint density at radius 1 is 0.560 bits per heavy atom. The highest BCUT2D eigenvalue weighted by molar-refractivity contribution is 4.73. The van der Waals surface area contributed by atoms with E-state index in [9.17, 15) is 0 Å². The Labute approximate surface area is 160 Å². The van der Waals surface area contributed by atoms with Gasteiger partial charge < -0.3 is 0 Å². The van der Waals surface area contributed by atoms with Crippen LogP contribution in [0.4, 0.5) is 0 Å². The summed E-state index contributed by atoms with van der Waals surface area (Å²) in [6.07, 6.45) is 31.3. The number of hydrogen-bond acceptors (Lipinski definition) is 0. The minimum absolute atomic E-state index is 1.05. The second-order valence-corrected chi connectivity index (χ2v) is 8.95. The lowest BCUT2D eigenvalue weighted by molar-refractivity contribution is 0.225. The summed E-state index contributed by atoms with van der Waals surface area (Å²) in [6.45, 7) is 4.74. The molecule has 0 heteroatoms. The standard InChI is InChI=1S/C25H50/c1-3-5-6-7-8-9-10-11-12-13-14-15-16-18-21-24(4-2)25-22-19-17-20-23-25/h24-25H,3-23H2,1-2H3. The van der Waals surface area contributed by atoms with E-state index >= 15 is 0 Å². The molecule has 0 spiro atoms. The summed E-state index contributed by atoms with van der Waals surface area (Å²) < 4.78 is 0. The molecule has 0 aromatic carbocycles. The molecular formula is C25H50.